The molecule has 1 N–H and O–H groups in total. The van der Waals surface area contributed by atoms with Crippen LogP contribution in [0.25, 0.3) is 0 Å². The first-order valence-corrected chi connectivity index (χ1v) is 8.10. The summed E-state index contributed by atoms with van der Waals surface area (Å²) in [7, 11) is 0.247. The number of halogens is 1. The lowest BCUT2D eigenvalue weighted by Crippen LogP contribution is -2.26. The Morgan fingerprint density at radius 1 is 1.37 bits per heavy atom. The van der Waals surface area contributed by atoms with Gasteiger partial charge in [0.25, 0.3) is 0 Å². The summed E-state index contributed by atoms with van der Waals surface area (Å²) in [5, 5.41) is 0.157. The Hall–Kier alpha value is -0.850. The lowest BCUT2D eigenvalue weighted by atomic mass is 10.3. The molecule has 0 fully saturated rings. The second-order valence-corrected chi connectivity index (χ2v) is 6.28. The third-order valence-electron chi connectivity index (χ3n) is 2.05. The minimum atomic E-state index is -3.39. The van der Waals surface area contributed by atoms with Crippen LogP contribution in [0, 0.1) is 6.92 Å². The summed E-state index contributed by atoms with van der Waals surface area (Å²) in [5.74, 6) is 0.0181. The first-order chi connectivity index (χ1) is 8.80. The van der Waals surface area contributed by atoms with Gasteiger partial charge in [-0.05, 0) is 32.6 Å². The maximum absolute atomic E-state index is 11.7. The van der Waals surface area contributed by atoms with Gasteiger partial charge in [-0.25, -0.2) is 13.4 Å². The van der Waals surface area contributed by atoms with Crippen LogP contribution in [-0.4, -0.2) is 44.7 Å². The molecule has 7 heteroatoms. The van der Waals surface area contributed by atoms with Crippen molar-refractivity contribution >= 4 is 27.3 Å². The van der Waals surface area contributed by atoms with Crippen molar-refractivity contribution in [2.75, 3.05) is 31.1 Å². The van der Waals surface area contributed by atoms with Crippen LogP contribution in [-0.2, 0) is 10.0 Å². The number of aromatic nitrogens is 1. The maximum atomic E-state index is 11.7. The average molecular weight is 308 g/mol. The third-order valence-corrected chi connectivity index (χ3v) is 3.60. The minimum absolute atomic E-state index is 0.0181. The van der Waals surface area contributed by atoms with Crippen LogP contribution < -0.4 is 4.72 Å². The zero-order valence-electron chi connectivity index (χ0n) is 12.1. The summed E-state index contributed by atoms with van der Waals surface area (Å²) in [6, 6.07) is 1.66. The predicted octanol–water partition coefficient (Wildman–Crippen LogP) is 2.37. The van der Waals surface area contributed by atoms with Gasteiger partial charge >= 0.3 is 0 Å². The number of pyridine rings is 1. The van der Waals surface area contributed by atoms with Crippen molar-refractivity contribution in [1.82, 2.24) is 9.88 Å². The molecule has 0 atom stereocenters. The predicted molar refractivity (Wildman–Crippen MR) is 81.3 cm³/mol. The summed E-state index contributed by atoms with van der Waals surface area (Å²) >= 11 is 5.82. The lowest BCUT2D eigenvalue weighted by Gasteiger charge is -2.12. The van der Waals surface area contributed by atoms with Gasteiger partial charge in [-0.1, -0.05) is 25.4 Å². The molecule has 1 heterocycles. The van der Waals surface area contributed by atoms with E-state index in [1.54, 1.807) is 17.2 Å². The summed E-state index contributed by atoms with van der Waals surface area (Å²) in [5.41, 5.74) is 1.17. The maximum Gasteiger partial charge on any atom is 0.234 e. The molecule has 0 aliphatic carbocycles. The number of rotatable bonds is 5. The highest BCUT2D eigenvalue weighted by atomic mass is 35.5. The van der Waals surface area contributed by atoms with Crippen molar-refractivity contribution < 1.29 is 8.42 Å². The van der Waals surface area contributed by atoms with Gasteiger partial charge in [-0.3, -0.25) is 4.72 Å². The van der Waals surface area contributed by atoms with Crippen molar-refractivity contribution in [3.63, 3.8) is 0 Å². The Kier molecular flexibility index (Phi) is 7.97. The molecular weight excluding hydrogens is 286 g/mol. The molecule has 5 nitrogen and oxygen atoms in total. The fourth-order valence-electron chi connectivity index (χ4n) is 1.15. The molecule has 1 aromatic heterocycles. The quantitative estimate of drug-likeness (QED) is 0.848. The molecule has 0 spiro atoms. The Balaban J connectivity index is 0.00000154. The van der Waals surface area contributed by atoms with Gasteiger partial charge in [0.15, 0.2) is 5.15 Å². The van der Waals surface area contributed by atoms with E-state index in [1.807, 2.05) is 34.9 Å². The highest BCUT2D eigenvalue weighted by molar-refractivity contribution is 7.92. The standard InChI is InChI=1S/C10H16ClN3O2S.C2H6/c1-8-6-9(10(11)12-7-8)13-17(15,16)5-4-14(2)3;1-2/h6-7,13H,4-5H2,1-3H3;1-2H3. The SMILES string of the molecule is CC.Cc1cnc(Cl)c(NS(=O)(=O)CCN(C)C)c1. The Morgan fingerprint density at radius 3 is 2.47 bits per heavy atom. The van der Waals surface area contributed by atoms with E-state index in [4.69, 9.17) is 11.6 Å². The molecule has 19 heavy (non-hydrogen) atoms. The number of anilines is 1. The van der Waals surface area contributed by atoms with Crippen molar-refractivity contribution in [3.8, 4) is 0 Å². The second kappa shape index (κ2) is 8.35. The van der Waals surface area contributed by atoms with Crippen molar-refractivity contribution in [2.24, 2.45) is 0 Å². The molecule has 110 valence electrons. The first kappa shape index (κ1) is 18.1. The topological polar surface area (TPSA) is 62.3 Å². The number of nitrogens with zero attached hydrogens (tertiary/aromatic N) is 2. The zero-order chi connectivity index (χ0) is 15.1. The van der Waals surface area contributed by atoms with Gasteiger partial charge in [0, 0.05) is 12.7 Å². The summed E-state index contributed by atoms with van der Waals surface area (Å²) < 4.78 is 25.9. The van der Waals surface area contributed by atoms with Gasteiger partial charge in [0.05, 0.1) is 11.4 Å². The molecule has 1 aromatic rings. The van der Waals surface area contributed by atoms with Crippen molar-refractivity contribution in [1.29, 1.82) is 0 Å². The highest BCUT2D eigenvalue weighted by Gasteiger charge is 2.13. The van der Waals surface area contributed by atoms with E-state index in [9.17, 15) is 8.42 Å². The van der Waals surface area contributed by atoms with E-state index >= 15 is 0 Å². The largest absolute Gasteiger partial charge is 0.308 e. The Morgan fingerprint density at radius 2 is 1.95 bits per heavy atom. The average Bonchev–Trinajstić information content (AvgIpc) is 2.34. The number of hydrogen-bond acceptors (Lipinski definition) is 4. The van der Waals surface area contributed by atoms with Gasteiger partial charge in [-0.2, -0.15) is 0 Å². The van der Waals surface area contributed by atoms with Crippen molar-refractivity contribution in [3.05, 3.63) is 23.0 Å². The van der Waals surface area contributed by atoms with Crippen LogP contribution in [0.1, 0.15) is 19.4 Å². The van der Waals surface area contributed by atoms with Gasteiger partial charge in [0.1, 0.15) is 0 Å². The van der Waals surface area contributed by atoms with Crippen molar-refractivity contribution in [2.45, 2.75) is 20.8 Å². The molecule has 0 amide bonds. The molecule has 0 radical (unpaired) electrons. The molecule has 0 saturated heterocycles. The highest BCUT2D eigenvalue weighted by Crippen LogP contribution is 2.20. The van der Waals surface area contributed by atoms with Gasteiger partial charge in [0.2, 0.25) is 10.0 Å². The number of aryl methyl sites for hydroxylation is 1. The summed E-state index contributed by atoms with van der Waals surface area (Å²) in [4.78, 5) is 5.69. The van der Waals surface area contributed by atoms with E-state index in [-0.39, 0.29) is 10.9 Å². The first-order valence-electron chi connectivity index (χ1n) is 6.07. The lowest BCUT2D eigenvalue weighted by molar-refractivity contribution is 0.432. The van der Waals surface area contributed by atoms with Crippen LogP contribution in [0.2, 0.25) is 5.15 Å². The molecule has 0 aliphatic rings. The van der Waals surface area contributed by atoms with Gasteiger partial charge in [-0.15, -0.1) is 0 Å². The monoisotopic (exact) mass is 307 g/mol. The van der Waals surface area contributed by atoms with Crippen LogP contribution in [0.5, 0.6) is 0 Å². The fraction of sp³-hybridized carbons (Fsp3) is 0.583. The fourth-order valence-corrected chi connectivity index (χ4v) is 2.55. The molecular formula is C12H22ClN3O2S. The van der Waals surface area contributed by atoms with E-state index in [2.05, 4.69) is 9.71 Å². The molecule has 0 bridgehead atoms. The van der Waals surface area contributed by atoms with E-state index < -0.39 is 10.0 Å². The zero-order valence-corrected chi connectivity index (χ0v) is 13.6. The second-order valence-electron chi connectivity index (χ2n) is 4.08. The normalized spacial score (nSPS) is 10.9. The Bertz CT molecular complexity index is 490. The minimum Gasteiger partial charge on any atom is -0.308 e. The Labute approximate surface area is 121 Å². The van der Waals surface area contributed by atoms with Crippen LogP contribution in [0.3, 0.4) is 0 Å². The molecule has 0 saturated carbocycles. The van der Waals surface area contributed by atoms with Crippen LogP contribution in [0.4, 0.5) is 5.69 Å². The van der Waals surface area contributed by atoms with E-state index in [0.717, 1.165) is 5.56 Å². The van der Waals surface area contributed by atoms with Gasteiger partial charge < -0.3 is 4.90 Å². The third kappa shape index (κ3) is 7.34. The summed E-state index contributed by atoms with van der Waals surface area (Å²) in [6.45, 7) is 6.27. The van der Waals surface area contributed by atoms with E-state index in [0.29, 0.717) is 12.2 Å². The molecule has 0 unspecified atom stereocenters. The number of hydrogen-bond donors (Lipinski definition) is 1. The molecule has 0 aliphatic heterocycles. The van der Waals surface area contributed by atoms with Crippen LogP contribution in [0.15, 0.2) is 12.3 Å². The summed E-state index contributed by atoms with van der Waals surface area (Å²) in [6.07, 6.45) is 1.58. The number of nitrogens with one attached hydrogen (secondary N) is 1. The van der Waals surface area contributed by atoms with Crippen LogP contribution >= 0.6 is 11.6 Å². The molecule has 0 aromatic carbocycles. The van der Waals surface area contributed by atoms with E-state index in [1.165, 1.54) is 0 Å². The number of sulfonamides is 1. The smallest absolute Gasteiger partial charge is 0.234 e. The molecule has 1 rings (SSSR count).